The molecule has 0 atom stereocenters. The maximum absolute atomic E-state index is 13.6. The molecule has 28 heavy (non-hydrogen) atoms. The highest BCUT2D eigenvalue weighted by Crippen LogP contribution is 2.22. The Labute approximate surface area is 162 Å². The Kier molecular flexibility index (Phi) is 6.21. The summed E-state index contributed by atoms with van der Waals surface area (Å²) in [6.07, 6.45) is 4.79. The van der Waals surface area contributed by atoms with Crippen molar-refractivity contribution in [2.24, 2.45) is 0 Å². The van der Waals surface area contributed by atoms with Gasteiger partial charge in [-0.05, 0) is 55.3 Å². The van der Waals surface area contributed by atoms with Crippen LogP contribution in [0.25, 0.3) is 6.08 Å². The molecule has 5 nitrogen and oxygen atoms in total. The Balaban J connectivity index is 1.67. The molecule has 1 amide bonds. The number of hydrogen-bond acceptors (Lipinski definition) is 3. The van der Waals surface area contributed by atoms with Crippen LogP contribution in [-0.2, 0) is 14.8 Å². The number of piperidine rings is 1. The van der Waals surface area contributed by atoms with Gasteiger partial charge in [-0.25, -0.2) is 17.2 Å². The minimum Gasteiger partial charge on any atom is -0.323 e. The smallest absolute Gasteiger partial charge is 0.248 e. The van der Waals surface area contributed by atoms with Crippen LogP contribution in [0, 0.1) is 11.6 Å². The van der Waals surface area contributed by atoms with Gasteiger partial charge in [-0.3, -0.25) is 4.79 Å². The van der Waals surface area contributed by atoms with E-state index >= 15 is 0 Å². The first kappa shape index (κ1) is 20.2. The molecule has 0 saturated carbocycles. The number of sulfonamides is 1. The van der Waals surface area contributed by atoms with Crippen LogP contribution in [0.5, 0.6) is 0 Å². The lowest BCUT2D eigenvalue weighted by atomic mass is 10.2. The molecule has 2 aromatic carbocycles. The molecule has 1 N–H and O–H groups in total. The molecule has 0 unspecified atom stereocenters. The number of benzene rings is 2. The highest BCUT2D eigenvalue weighted by Gasteiger charge is 2.25. The van der Waals surface area contributed by atoms with Gasteiger partial charge in [-0.2, -0.15) is 4.31 Å². The predicted octanol–water partition coefficient (Wildman–Crippen LogP) is 3.79. The van der Waals surface area contributed by atoms with Gasteiger partial charge in [0.05, 0.1) is 4.90 Å². The van der Waals surface area contributed by atoms with Gasteiger partial charge in [0.15, 0.2) is 0 Å². The fourth-order valence-corrected chi connectivity index (χ4v) is 4.49. The Morgan fingerprint density at radius 2 is 1.57 bits per heavy atom. The van der Waals surface area contributed by atoms with Crippen molar-refractivity contribution in [1.82, 2.24) is 4.31 Å². The summed E-state index contributed by atoms with van der Waals surface area (Å²) in [7, 11) is -3.54. The zero-order valence-electron chi connectivity index (χ0n) is 15.1. The molecular formula is C20H20F2N2O3S. The van der Waals surface area contributed by atoms with Crippen LogP contribution in [0.15, 0.2) is 53.4 Å². The summed E-state index contributed by atoms with van der Waals surface area (Å²) in [5, 5.41) is 2.53. The molecule has 3 rings (SSSR count). The number of rotatable bonds is 5. The second kappa shape index (κ2) is 8.62. The number of anilines is 1. The van der Waals surface area contributed by atoms with E-state index in [0.29, 0.717) is 18.8 Å². The van der Waals surface area contributed by atoms with Crippen LogP contribution in [0.2, 0.25) is 0 Å². The van der Waals surface area contributed by atoms with E-state index in [0.717, 1.165) is 43.5 Å². The third kappa shape index (κ3) is 4.63. The second-order valence-electron chi connectivity index (χ2n) is 6.45. The van der Waals surface area contributed by atoms with Crippen LogP contribution in [0.4, 0.5) is 14.5 Å². The fourth-order valence-electron chi connectivity index (χ4n) is 2.98. The summed E-state index contributed by atoms with van der Waals surface area (Å²) in [6, 6.07) is 9.25. The van der Waals surface area contributed by atoms with Gasteiger partial charge >= 0.3 is 0 Å². The molecule has 1 saturated heterocycles. The number of amides is 1. The first-order valence-electron chi connectivity index (χ1n) is 8.91. The maximum Gasteiger partial charge on any atom is 0.248 e. The van der Waals surface area contributed by atoms with Crippen LogP contribution < -0.4 is 5.32 Å². The molecule has 2 aromatic rings. The van der Waals surface area contributed by atoms with Crippen molar-refractivity contribution in [3.05, 3.63) is 65.7 Å². The van der Waals surface area contributed by atoms with Crippen molar-refractivity contribution in [1.29, 1.82) is 0 Å². The lowest BCUT2D eigenvalue weighted by Gasteiger charge is -2.25. The van der Waals surface area contributed by atoms with Crippen LogP contribution in [-0.4, -0.2) is 31.7 Å². The van der Waals surface area contributed by atoms with E-state index < -0.39 is 27.6 Å². The van der Waals surface area contributed by atoms with E-state index in [2.05, 4.69) is 5.32 Å². The van der Waals surface area contributed by atoms with E-state index in [-0.39, 0.29) is 10.5 Å². The van der Waals surface area contributed by atoms with Crippen LogP contribution in [0.3, 0.4) is 0 Å². The van der Waals surface area contributed by atoms with E-state index in [4.69, 9.17) is 0 Å². The molecule has 1 fully saturated rings. The Hall–Kier alpha value is -2.58. The van der Waals surface area contributed by atoms with E-state index in [1.165, 1.54) is 34.6 Å². The van der Waals surface area contributed by atoms with Gasteiger partial charge in [0.25, 0.3) is 0 Å². The summed E-state index contributed by atoms with van der Waals surface area (Å²) in [4.78, 5) is 12.1. The van der Waals surface area contributed by atoms with Gasteiger partial charge in [-0.15, -0.1) is 0 Å². The molecule has 0 bridgehead atoms. The van der Waals surface area contributed by atoms with Crippen molar-refractivity contribution in [2.75, 3.05) is 18.4 Å². The molecule has 1 aliphatic heterocycles. The SMILES string of the molecule is O=C(C=Cc1c(F)cccc1F)Nc1ccc(S(=O)(=O)N2CCCCC2)cc1. The van der Waals surface area contributed by atoms with Crippen LogP contribution in [0.1, 0.15) is 24.8 Å². The number of halogens is 2. The van der Waals surface area contributed by atoms with Gasteiger partial charge < -0.3 is 5.32 Å². The number of nitrogens with one attached hydrogen (secondary N) is 1. The Bertz CT molecular complexity index is 963. The molecule has 0 radical (unpaired) electrons. The molecule has 1 aliphatic rings. The van der Waals surface area contributed by atoms with Crippen molar-refractivity contribution >= 4 is 27.7 Å². The summed E-state index contributed by atoms with van der Waals surface area (Å²) in [6.45, 7) is 1.02. The molecule has 148 valence electrons. The molecule has 0 aliphatic carbocycles. The van der Waals surface area contributed by atoms with Crippen molar-refractivity contribution in [3.63, 3.8) is 0 Å². The number of hydrogen-bond donors (Lipinski definition) is 1. The van der Waals surface area contributed by atoms with Crippen LogP contribution >= 0.6 is 0 Å². The third-order valence-electron chi connectivity index (χ3n) is 4.48. The fraction of sp³-hybridized carbons (Fsp3) is 0.250. The highest BCUT2D eigenvalue weighted by molar-refractivity contribution is 7.89. The standard InChI is InChI=1S/C20H20F2N2O3S/c21-18-5-4-6-19(22)17(18)11-12-20(25)23-15-7-9-16(10-8-15)28(26,27)24-13-2-1-3-14-24/h4-12H,1-3,13-14H2,(H,23,25). The number of nitrogens with zero attached hydrogens (tertiary/aromatic N) is 1. The van der Waals surface area contributed by atoms with Crippen molar-refractivity contribution in [2.45, 2.75) is 24.2 Å². The minimum atomic E-state index is -3.54. The second-order valence-corrected chi connectivity index (χ2v) is 8.38. The highest BCUT2D eigenvalue weighted by atomic mass is 32.2. The first-order valence-corrected chi connectivity index (χ1v) is 10.4. The topological polar surface area (TPSA) is 66.5 Å². The number of carbonyl (C=O) groups is 1. The Morgan fingerprint density at radius 3 is 2.18 bits per heavy atom. The number of carbonyl (C=O) groups excluding carboxylic acids is 1. The zero-order chi connectivity index (χ0) is 20.1. The van der Waals surface area contributed by atoms with Crippen molar-refractivity contribution in [3.8, 4) is 0 Å². The van der Waals surface area contributed by atoms with Gasteiger partial charge in [0.2, 0.25) is 15.9 Å². The van der Waals surface area contributed by atoms with E-state index in [1.54, 1.807) is 0 Å². The average molecular weight is 406 g/mol. The quantitative estimate of drug-likeness (QED) is 0.769. The molecule has 1 heterocycles. The van der Waals surface area contributed by atoms with E-state index in [9.17, 15) is 22.0 Å². The lowest BCUT2D eigenvalue weighted by Crippen LogP contribution is -2.35. The normalized spacial score (nSPS) is 15.6. The summed E-state index contributed by atoms with van der Waals surface area (Å²) >= 11 is 0. The molecule has 0 aromatic heterocycles. The third-order valence-corrected chi connectivity index (χ3v) is 6.39. The van der Waals surface area contributed by atoms with E-state index in [1.807, 2.05) is 0 Å². The largest absolute Gasteiger partial charge is 0.323 e. The van der Waals surface area contributed by atoms with Gasteiger partial charge in [-0.1, -0.05) is 12.5 Å². The predicted molar refractivity (Wildman–Crippen MR) is 103 cm³/mol. The van der Waals surface area contributed by atoms with Crippen molar-refractivity contribution < 1.29 is 22.0 Å². The van der Waals surface area contributed by atoms with Gasteiger partial charge in [0, 0.05) is 30.4 Å². The zero-order valence-corrected chi connectivity index (χ0v) is 15.9. The lowest BCUT2D eigenvalue weighted by molar-refractivity contribution is -0.111. The Morgan fingerprint density at radius 1 is 0.964 bits per heavy atom. The molecular weight excluding hydrogens is 386 g/mol. The average Bonchev–Trinajstić information content (AvgIpc) is 2.69. The molecule has 8 heteroatoms. The summed E-state index contributed by atoms with van der Waals surface area (Å²) in [5.74, 6) is -2.12. The summed E-state index contributed by atoms with van der Waals surface area (Å²) in [5.41, 5.74) is 0.0712. The summed E-state index contributed by atoms with van der Waals surface area (Å²) < 4.78 is 53.8. The first-order chi connectivity index (χ1) is 13.4. The maximum atomic E-state index is 13.6. The molecule has 0 spiro atoms. The van der Waals surface area contributed by atoms with Gasteiger partial charge in [0.1, 0.15) is 11.6 Å². The minimum absolute atomic E-state index is 0.163. The monoisotopic (exact) mass is 406 g/mol.